The summed E-state index contributed by atoms with van der Waals surface area (Å²) in [4.78, 5) is 12.5. The van der Waals surface area contributed by atoms with E-state index >= 15 is 0 Å². The highest BCUT2D eigenvalue weighted by Crippen LogP contribution is 2.27. The van der Waals surface area contributed by atoms with E-state index in [1.54, 1.807) is 18.2 Å². The SMILES string of the molecule is CCOc1ccc(S(=O)(=O)N2CCC(C(=O)N[C@H](C)CC)CC2)cc1C. The lowest BCUT2D eigenvalue weighted by Gasteiger charge is -2.31. The summed E-state index contributed by atoms with van der Waals surface area (Å²) < 4.78 is 32.7. The van der Waals surface area contributed by atoms with Crippen molar-refractivity contribution in [2.75, 3.05) is 19.7 Å². The van der Waals surface area contributed by atoms with Crippen molar-refractivity contribution in [3.05, 3.63) is 23.8 Å². The molecule has 1 saturated heterocycles. The fourth-order valence-corrected chi connectivity index (χ4v) is 4.63. The number of piperidine rings is 1. The molecule has 0 unspecified atom stereocenters. The summed E-state index contributed by atoms with van der Waals surface area (Å²) in [6.07, 6.45) is 1.99. The molecule has 0 aliphatic carbocycles. The Morgan fingerprint density at radius 2 is 1.96 bits per heavy atom. The van der Waals surface area contributed by atoms with Crippen LogP contribution in [0.5, 0.6) is 5.75 Å². The largest absolute Gasteiger partial charge is 0.494 e. The second kappa shape index (κ2) is 8.86. The van der Waals surface area contributed by atoms with E-state index in [2.05, 4.69) is 5.32 Å². The molecule has 1 fully saturated rings. The van der Waals surface area contributed by atoms with Gasteiger partial charge < -0.3 is 10.1 Å². The topological polar surface area (TPSA) is 75.7 Å². The van der Waals surface area contributed by atoms with E-state index in [0.29, 0.717) is 38.3 Å². The standard InChI is InChI=1S/C19H30N2O4S/c1-5-15(4)20-19(22)16-9-11-21(12-10-16)26(23,24)17-7-8-18(25-6-2)14(3)13-17/h7-8,13,15-16H,5-6,9-12H2,1-4H3,(H,20,22)/t15-/m1/s1. The first-order chi connectivity index (χ1) is 12.3. The van der Waals surface area contributed by atoms with E-state index in [-0.39, 0.29) is 22.8 Å². The number of nitrogens with one attached hydrogen (secondary N) is 1. The van der Waals surface area contributed by atoms with Crippen LogP contribution in [0.25, 0.3) is 0 Å². The van der Waals surface area contributed by atoms with Gasteiger partial charge in [-0.1, -0.05) is 6.92 Å². The van der Waals surface area contributed by atoms with Crippen molar-refractivity contribution >= 4 is 15.9 Å². The molecule has 0 bridgehead atoms. The van der Waals surface area contributed by atoms with E-state index in [1.165, 1.54) is 4.31 Å². The predicted molar refractivity (Wildman–Crippen MR) is 102 cm³/mol. The van der Waals surface area contributed by atoms with Crippen LogP contribution in [0.4, 0.5) is 0 Å². The Labute approximate surface area is 157 Å². The van der Waals surface area contributed by atoms with Gasteiger partial charge in [-0.2, -0.15) is 4.31 Å². The maximum Gasteiger partial charge on any atom is 0.243 e. The zero-order valence-corrected chi connectivity index (χ0v) is 16.9. The number of nitrogens with zero attached hydrogens (tertiary/aromatic N) is 1. The predicted octanol–water partition coefficient (Wildman–Crippen LogP) is 2.71. The molecule has 7 heteroatoms. The van der Waals surface area contributed by atoms with Crippen molar-refractivity contribution in [3.8, 4) is 5.75 Å². The molecule has 0 aromatic heterocycles. The third-order valence-corrected chi connectivity index (χ3v) is 6.80. The van der Waals surface area contributed by atoms with Crippen LogP contribution in [-0.2, 0) is 14.8 Å². The second-order valence-corrected chi connectivity index (χ2v) is 8.79. The number of ether oxygens (including phenoxy) is 1. The minimum atomic E-state index is -3.55. The monoisotopic (exact) mass is 382 g/mol. The minimum Gasteiger partial charge on any atom is -0.494 e. The third kappa shape index (κ3) is 4.76. The number of amides is 1. The quantitative estimate of drug-likeness (QED) is 0.787. The van der Waals surface area contributed by atoms with Gasteiger partial charge in [-0.3, -0.25) is 4.79 Å². The van der Waals surface area contributed by atoms with Gasteiger partial charge in [0.1, 0.15) is 5.75 Å². The molecular formula is C19H30N2O4S. The molecule has 1 aromatic carbocycles. The molecule has 1 atom stereocenters. The molecule has 1 N–H and O–H groups in total. The summed E-state index contributed by atoms with van der Waals surface area (Å²) in [5, 5.41) is 2.99. The highest BCUT2D eigenvalue weighted by molar-refractivity contribution is 7.89. The molecule has 1 aliphatic heterocycles. The smallest absolute Gasteiger partial charge is 0.243 e. The van der Waals surface area contributed by atoms with Gasteiger partial charge in [0.15, 0.2) is 0 Å². The summed E-state index contributed by atoms with van der Waals surface area (Å²) in [7, 11) is -3.55. The van der Waals surface area contributed by atoms with Gasteiger partial charge in [-0.15, -0.1) is 0 Å². The van der Waals surface area contributed by atoms with Gasteiger partial charge in [-0.05, 0) is 63.8 Å². The lowest BCUT2D eigenvalue weighted by molar-refractivity contribution is -0.126. The van der Waals surface area contributed by atoms with Crippen LogP contribution in [0, 0.1) is 12.8 Å². The number of hydrogen-bond acceptors (Lipinski definition) is 4. The van der Waals surface area contributed by atoms with Gasteiger partial charge in [0.25, 0.3) is 0 Å². The number of hydrogen-bond donors (Lipinski definition) is 1. The van der Waals surface area contributed by atoms with Crippen molar-refractivity contribution in [2.45, 2.75) is 57.9 Å². The normalized spacial score (nSPS) is 17.7. The molecule has 0 spiro atoms. The van der Waals surface area contributed by atoms with Gasteiger partial charge in [0.2, 0.25) is 15.9 Å². The maximum atomic E-state index is 12.9. The molecular weight excluding hydrogens is 352 g/mol. The maximum absolute atomic E-state index is 12.9. The van der Waals surface area contributed by atoms with Gasteiger partial charge in [0.05, 0.1) is 11.5 Å². The van der Waals surface area contributed by atoms with Crippen molar-refractivity contribution < 1.29 is 17.9 Å². The number of aryl methyl sites for hydroxylation is 1. The number of carbonyl (C=O) groups is 1. The molecule has 1 aromatic rings. The Morgan fingerprint density at radius 1 is 1.31 bits per heavy atom. The third-order valence-electron chi connectivity index (χ3n) is 4.91. The molecule has 1 amide bonds. The fraction of sp³-hybridized carbons (Fsp3) is 0.632. The molecule has 146 valence electrons. The van der Waals surface area contributed by atoms with Crippen LogP contribution in [-0.4, -0.2) is 44.4 Å². The van der Waals surface area contributed by atoms with Crippen molar-refractivity contribution in [3.63, 3.8) is 0 Å². The van der Waals surface area contributed by atoms with Crippen LogP contribution in [0.15, 0.2) is 23.1 Å². The van der Waals surface area contributed by atoms with Crippen LogP contribution >= 0.6 is 0 Å². The Morgan fingerprint density at radius 3 is 2.50 bits per heavy atom. The summed E-state index contributed by atoms with van der Waals surface area (Å²) in [5.41, 5.74) is 0.802. The summed E-state index contributed by atoms with van der Waals surface area (Å²) in [6, 6.07) is 5.10. The van der Waals surface area contributed by atoms with Crippen LogP contribution < -0.4 is 10.1 Å². The average molecular weight is 383 g/mol. The van der Waals surface area contributed by atoms with E-state index in [1.807, 2.05) is 27.7 Å². The highest BCUT2D eigenvalue weighted by atomic mass is 32.2. The summed E-state index contributed by atoms with van der Waals surface area (Å²) in [6.45, 7) is 9.02. The van der Waals surface area contributed by atoms with Crippen LogP contribution in [0.3, 0.4) is 0 Å². The molecule has 2 rings (SSSR count). The fourth-order valence-electron chi connectivity index (χ4n) is 3.07. The van der Waals surface area contributed by atoms with Crippen molar-refractivity contribution in [1.82, 2.24) is 9.62 Å². The number of rotatable bonds is 7. The molecule has 6 nitrogen and oxygen atoms in total. The summed E-state index contributed by atoms with van der Waals surface area (Å²) >= 11 is 0. The summed E-state index contributed by atoms with van der Waals surface area (Å²) in [5.74, 6) is 0.623. The van der Waals surface area contributed by atoms with E-state index < -0.39 is 10.0 Å². The zero-order chi connectivity index (χ0) is 19.3. The molecule has 0 saturated carbocycles. The van der Waals surface area contributed by atoms with E-state index in [4.69, 9.17) is 4.74 Å². The first kappa shape index (κ1) is 20.7. The molecule has 1 aliphatic rings. The number of carbonyl (C=O) groups excluding carboxylic acids is 1. The zero-order valence-electron chi connectivity index (χ0n) is 16.1. The van der Waals surface area contributed by atoms with Gasteiger partial charge in [-0.25, -0.2) is 8.42 Å². The first-order valence-electron chi connectivity index (χ1n) is 9.33. The van der Waals surface area contributed by atoms with Gasteiger partial charge >= 0.3 is 0 Å². The minimum absolute atomic E-state index is 0.0355. The Hall–Kier alpha value is -1.60. The Bertz CT molecular complexity index is 725. The second-order valence-electron chi connectivity index (χ2n) is 6.86. The first-order valence-corrected chi connectivity index (χ1v) is 10.8. The van der Waals surface area contributed by atoms with E-state index in [0.717, 1.165) is 12.0 Å². The molecule has 1 heterocycles. The van der Waals surface area contributed by atoms with Gasteiger partial charge in [0, 0.05) is 25.0 Å². The molecule has 26 heavy (non-hydrogen) atoms. The average Bonchev–Trinajstić information content (AvgIpc) is 2.63. The molecule has 0 radical (unpaired) electrons. The van der Waals surface area contributed by atoms with Crippen LogP contribution in [0.1, 0.15) is 45.6 Å². The lowest BCUT2D eigenvalue weighted by Crippen LogP contribution is -2.44. The van der Waals surface area contributed by atoms with E-state index in [9.17, 15) is 13.2 Å². The van der Waals surface area contributed by atoms with Crippen LogP contribution in [0.2, 0.25) is 0 Å². The Balaban J connectivity index is 2.03. The number of benzene rings is 1. The van der Waals surface area contributed by atoms with Crippen molar-refractivity contribution in [2.24, 2.45) is 5.92 Å². The highest BCUT2D eigenvalue weighted by Gasteiger charge is 2.32. The Kier molecular flexibility index (Phi) is 7.06. The van der Waals surface area contributed by atoms with Crippen molar-refractivity contribution in [1.29, 1.82) is 0 Å². The number of sulfonamides is 1. The lowest BCUT2D eigenvalue weighted by atomic mass is 9.97.